The molecule has 0 amide bonds. The van der Waals surface area contributed by atoms with Crippen LogP contribution in [0.1, 0.15) is 19.5 Å². The first-order valence-corrected chi connectivity index (χ1v) is 6.68. The van der Waals surface area contributed by atoms with E-state index >= 15 is 0 Å². The molecule has 0 radical (unpaired) electrons. The Morgan fingerprint density at radius 3 is 2.44 bits per heavy atom. The molecule has 2 rings (SSSR count). The van der Waals surface area contributed by atoms with Crippen LogP contribution in [0.15, 0.2) is 30.3 Å². The number of hydrogen-bond donors (Lipinski definition) is 2. The number of aromatic nitrogens is 1. The molecule has 2 nitrogen and oxygen atoms in total. The lowest BCUT2D eigenvalue weighted by molar-refractivity contribution is 0.583. The summed E-state index contributed by atoms with van der Waals surface area (Å²) in [7, 11) is 0. The highest BCUT2D eigenvalue weighted by atomic mass is 35.5. The summed E-state index contributed by atoms with van der Waals surface area (Å²) in [6.45, 7) is 5.01. The van der Waals surface area contributed by atoms with Crippen LogP contribution in [0.3, 0.4) is 0 Å². The van der Waals surface area contributed by atoms with E-state index in [1.807, 2.05) is 30.3 Å². The smallest absolute Gasteiger partial charge is 0.0664 e. The van der Waals surface area contributed by atoms with E-state index in [-0.39, 0.29) is 0 Å². The lowest BCUT2D eigenvalue weighted by atomic mass is 10.2. The van der Waals surface area contributed by atoms with Crippen LogP contribution < -0.4 is 5.32 Å². The number of benzene rings is 1. The lowest BCUT2D eigenvalue weighted by Gasteiger charge is -2.05. The second kappa shape index (κ2) is 5.79. The number of nitrogens with one attached hydrogen (secondary N) is 2. The third-order valence-electron chi connectivity index (χ3n) is 2.66. The number of aromatic amines is 1. The zero-order chi connectivity index (χ0) is 13.1. The first-order valence-electron chi connectivity index (χ1n) is 5.93. The van der Waals surface area contributed by atoms with E-state index in [0.29, 0.717) is 6.04 Å². The van der Waals surface area contributed by atoms with Gasteiger partial charge in [0.2, 0.25) is 0 Å². The van der Waals surface area contributed by atoms with Crippen molar-refractivity contribution in [1.82, 2.24) is 10.3 Å². The van der Waals surface area contributed by atoms with Crippen LogP contribution in [0.4, 0.5) is 0 Å². The second-order valence-corrected chi connectivity index (χ2v) is 5.40. The van der Waals surface area contributed by atoms with Gasteiger partial charge in [-0.25, -0.2) is 0 Å². The van der Waals surface area contributed by atoms with Crippen molar-refractivity contribution in [3.8, 4) is 11.3 Å². The highest BCUT2D eigenvalue weighted by Crippen LogP contribution is 2.28. The Labute approximate surface area is 117 Å². The van der Waals surface area contributed by atoms with Crippen molar-refractivity contribution in [2.24, 2.45) is 0 Å². The van der Waals surface area contributed by atoms with Crippen molar-refractivity contribution < 1.29 is 0 Å². The third kappa shape index (κ3) is 3.29. The van der Waals surface area contributed by atoms with E-state index in [2.05, 4.69) is 24.1 Å². The minimum atomic E-state index is 0.450. The Kier molecular flexibility index (Phi) is 4.33. The lowest BCUT2D eigenvalue weighted by Crippen LogP contribution is -2.21. The SMILES string of the molecule is CC(C)NCc1cc(Cl)c(-c2ccc(Cl)cc2)[nH]1. The van der Waals surface area contributed by atoms with Crippen molar-refractivity contribution in [1.29, 1.82) is 0 Å². The molecular formula is C14H16Cl2N2. The standard InChI is InChI=1S/C14H16Cl2N2/c1-9(2)17-8-12-7-13(16)14(18-12)10-3-5-11(15)6-4-10/h3-7,9,17-18H,8H2,1-2H3. The molecule has 18 heavy (non-hydrogen) atoms. The predicted octanol–water partition coefficient (Wildman–Crippen LogP) is 4.49. The van der Waals surface area contributed by atoms with E-state index in [9.17, 15) is 0 Å². The van der Waals surface area contributed by atoms with Crippen LogP contribution in [0, 0.1) is 0 Å². The number of hydrogen-bond acceptors (Lipinski definition) is 1. The zero-order valence-electron chi connectivity index (χ0n) is 10.4. The number of H-pyrrole nitrogens is 1. The van der Waals surface area contributed by atoms with Gasteiger partial charge in [0.05, 0.1) is 10.7 Å². The molecule has 2 N–H and O–H groups in total. The summed E-state index contributed by atoms with van der Waals surface area (Å²) in [5, 5.41) is 4.81. The normalized spacial score (nSPS) is 11.2. The van der Waals surface area contributed by atoms with Gasteiger partial charge in [-0.15, -0.1) is 0 Å². The maximum absolute atomic E-state index is 6.24. The molecule has 0 saturated heterocycles. The Balaban J connectivity index is 2.21. The van der Waals surface area contributed by atoms with Gasteiger partial charge in [-0.1, -0.05) is 49.2 Å². The predicted molar refractivity (Wildman–Crippen MR) is 78.2 cm³/mol. The third-order valence-corrected chi connectivity index (χ3v) is 3.21. The Morgan fingerprint density at radius 2 is 1.83 bits per heavy atom. The second-order valence-electron chi connectivity index (χ2n) is 4.56. The highest BCUT2D eigenvalue weighted by Gasteiger charge is 2.08. The highest BCUT2D eigenvalue weighted by molar-refractivity contribution is 6.33. The molecular weight excluding hydrogens is 267 g/mol. The van der Waals surface area contributed by atoms with Crippen molar-refractivity contribution in [3.63, 3.8) is 0 Å². The minimum Gasteiger partial charge on any atom is -0.356 e. The first-order chi connectivity index (χ1) is 8.56. The van der Waals surface area contributed by atoms with Gasteiger partial charge in [0.1, 0.15) is 0 Å². The summed E-state index contributed by atoms with van der Waals surface area (Å²) in [5.41, 5.74) is 3.06. The summed E-state index contributed by atoms with van der Waals surface area (Å²) >= 11 is 12.1. The molecule has 0 unspecified atom stereocenters. The van der Waals surface area contributed by atoms with E-state index in [1.54, 1.807) is 0 Å². The molecule has 0 fully saturated rings. The van der Waals surface area contributed by atoms with Gasteiger partial charge in [0.25, 0.3) is 0 Å². The van der Waals surface area contributed by atoms with Crippen LogP contribution in [0.5, 0.6) is 0 Å². The minimum absolute atomic E-state index is 0.450. The van der Waals surface area contributed by atoms with Crippen LogP contribution in [-0.2, 0) is 6.54 Å². The number of rotatable bonds is 4. The topological polar surface area (TPSA) is 27.8 Å². The van der Waals surface area contributed by atoms with Gasteiger partial charge in [0, 0.05) is 23.3 Å². The van der Waals surface area contributed by atoms with E-state index in [4.69, 9.17) is 23.2 Å². The van der Waals surface area contributed by atoms with Crippen LogP contribution in [0.2, 0.25) is 10.0 Å². The Morgan fingerprint density at radius 1 is 1.17 bits per heavy atom. The summed E-state index contributed by atoms with van der Waals surface area (Å²) in [5.74, 6) is 0. The summed E-state index contributed by atoms with van der Waals surface area (Å²) in [6, 6.07) is 10.0. The molecule has 96 valence electrons. The average Bonchev–Trinajstić information content (AvgIpc) is 2.69. The van der Waals surface area contributed by atoms with Gasteiger partial charge in [0.15, 0.2) is 0 Å². The monoisotopic (exact) mass is 282 g/mol. The van der Waals surface area contributed by atoms with Crippen molar-refractivity contribution >= 4 is 23.2 Å². The summed E-state index contributed by atoms with van der Waals surface area (Å²) in [6.07, 6.45) is 0. The zero-order valence-corrected chi connectivity index (χ0v) is 11.9. The largest absolute Gasteiger partial charge is 0.356 e. The molecule has 1 heterocycles. The average molecular weight is 283 g/mol. The van der Waals surface area contributed by atoms with E-state index < -0.39 is 0 Å². The van der Waals surface area contributed by atoms with Crippen molar-refractivity contribution in [2.45, 2.75) is 26.4 Å². The van der Waals surface area contributed by atoms with Crippen LogP contribution in [-0.4, -0.2) is 11.0 Å². The molecule has 0 atom stereocenters. The van der Waals surface area contributed by atoms with Gasteiger partial charge < -0.3 is 10.3 Å². The van der Waals surface area contributed by atoms with E-state index in [0.717, 1.165) is 33.5 Å². The Bertz CT molecular complexity index is 515. The molecule has 0 aliphatic carbocycles. The number of halogens is 2. The quantitative estimate of drug-likeness (QED) is 0.850. The molecule has 1 aromatic heterocycles. The maximum Gasteiger partial charge on any atom is 0.0664 e. The Hall–Kier alpha value is -0.960. The van der Waals surface area contributed by atoms with Crippen LogP contribution in [0.25, 0.3) is 11.3 Å². The molecule has 2 aromatic rings. The summed E-state index contributed by atoms with van der Waals surface area (Å²) < 4.78 is 0. The first kappa shape index (κ1) is 13.5. The van der Waals surface area contributed by atoms with E-state index in [1.165, 1.54) is 0 Å². The molecule has 4 heteroatoms. The van der Waals surface area contributed by atoms with Crippen LogP contribution >= 0.6 is 23.2 Å². The molecule has 0 spiro atoms. The fraction of sp³-hybridized carbons (Fsp3) is 0.286. The van der Waals surface area contributed by atoms with Gasteiger partial charge in [-0.05, 0) is 23.8 Å². The van der Waals surface area contributed by atoms with Gasteiger partial charge in [-0.2, -0.15) is 0 Å². The molecule has 0 saturated carbocycles. The summed E-state index contributed by atoms with van der Waals surface area (Å²) in [4.78, 5) is 3.34. The molecule has 0 bridgehead atoms. The maximum atomic E-state index is 6.24. The molecule has 1 aromatic carbocycles. The molecule has 0 aliphatic heterocycles. The van der Waals surface area contributed by atoms with Crippen molar-refractivity contribution in [3.05, 3.63) is 46.1 Å². The van der Waals surface area contributed by atoms with Gasteiger partial charge in [-0.3, -0.25) is 0 Å². The fourth-order valence-electron chi connectivity index (χ4n) is 1.72. The molecule has 0 aliphatic rings. The van der Waals surface area contributed by atoms with Gasteiger partial charge >= 0.3 is 0 Å². The fourth-order valence-corrected chi connectivity index (χ4v) is 2.13. The van der Waals surface area contributed by atoms with Crippen molar-refractivity contribution in [2.75, 3.05) is 0 Å².